The maximum absolute atomic E-state index is 10.2. The van der Waals surface area contributed by atoms with Crippen molar-refractivity contribution in [2.75, 3.05) is 26.2 Å². The summed E-state index contributed by atoms with van der Waals surface area (Å²) in [6.45, 7) is 3.17. The van der Waals surface area contributed by atoms with Crippen LogP contribution in [0.3, 0.4) is 0 Å². The Balaban J connectivity index is 1.57. The molecule has 1 unspecified atom stereocenters. The molecular formula is C17H23N3O2. The van der Waals surface area contributed by atoms with E-state index in [4.69, 9.17) is 4.74 Å². The lowest BCUT2D eigenvalue weighted by atomic mass is 10.1. The zero-order valence-corrected chi connectivity index (χ0v) is 12.7. The van der Waals surface area contributed by atoms with E-state index in [1.165, 1.54) is 19.3 Å². The van der Waals surface area contributed by atoms with Crippen LogP contribution in [0, 0.1) is 0 Å². The highest BCUT2D eigenvalue weighted by Gasteiger charge is 2.15. The number of aliphatic hydroxyl groups excluding tert-OH is 1. The smallest absolute Gasteiger partial charge is 0.127 e. The summed E-state index contributed by atoms with van der Waals surface area (Å²) in [7, 11) is 0. The number of β-amino-alcohol motifs (C(OH)–C–C–N with tert-alkyl or cyclic N) is 1. The van der Waals surface area contributed by atoms with Gasteiger partial charge in [-0.25, -0.2) is 0 Å². The van der Waals surface area contributed by atoms with Gasteiger partial charge in [0.05, 0.1) is 6.20 Å². The van der Waals surface area contributed by atoms with E-state index in [2.05, 4.69) is 15.1 Å². The van der Waals surface area contributed by atoms with Crippen LogP contribution in [0.4, 0.5) is 0 Å². The minimum Gasteiger partial charge on any atom is -0.490 e. The predicted molar refractivity (Wildman–Crippen MR) is 85.8 cm³/mol. The minimum atomic E-state index is -0.462. The summed E-state index contributed by atoms with van der Waals surface area (Å²) in [4.78, 5) is 2.32. The summed E-state index contributed by atoms with van der Waals surface area (Å²) in [6, 6.07) is 7.84. The number of nitrogens with zero attached hydrogens (tertiary/aromatic N) is 2. The fourth-order valence-electron chi connectivity index (χ4n) is 2.91. The van der Waals surface area contributed by atoms with Gasteiger partial charge >= 0.3 is 0 Å². The van der Waals surface area contributed by atoms with Crippen molar-refractivity contribution in [3.8, 4) is 16.9 Å². The fourth-order valence-corrected chi connectivity index (χ4v) is 2.91. The number of para-hydroxylation sites is 1. The Kier molecular flexibility index (Phi) is 5.08. The lowest BCUT2D eigenvalue weighted by Crippen LogP contribution is -2.38. The van der Waals surface area contributed by atoms with Crippen LogP contribution in [0.5, 0.6) is 5.75 Å². The minimum absolute atomic E-state index is 0.311. The zero-order chi connectivity index (χ0) is 15.2. The summed E-state index contributed by atoms with van der Waals surface area (Å²) in [5.74, 6) is 0.779. The summed E-state index contributed by atoms with van der Waals surface area (Å²) < 4.78 is 5.85. The van der Waals surface area contributed by atoms with Crippen LogP contribution in [0.15, 0.2) is 36.7 Å². The molecule has 5 nitrogen and oxygen atoms in total. The summed E-state index contributed by atoms with van der Waals surface area (Å²) >= 11 is 0. The molecule has 0 radical (unpaired) electrons. The molecule has 1 aromatic heterocycles. The Morgan fingerprint density at radius 1 is 1.23 bits per heavy atom. The van der Waals surface area contributed by atoms with E-state index in [0.717, 1.165) is 30.0 Å². The fraction of sp³-hybridized carbons (Fsp3) is 0.471. The van der Waals surface area contributed by atoms with Crippen molar-refractivity contribution in [3.63, 3.8) is 0 Å². The molecule has 22 heavy (non-hydrogen) atoms. The number of H-pyrrole nitrogens is 1. The van der Waals surface area contributed by atoms with Crippen molar-refractivity contribution >= 4 is 0 Å². The van der Waals surface area contributed by atoms with Gasteiger partial charge < -0.3 is 14.7 Å². The Morgan fingerprint density at radius 2 is 2.05 bits per heavy atom. The molecule has 1 aliphatic rings. The van der Waals surface area contributed by atoms with Gasteiger partial charge in [-0.05, 0) is 32.0 Å². The molecule has 1 aromatic carbocycles. The van der Waals surface area contributed by atoms with Crippen LogP contribution in [-0.2, 0) is 0 Å². The summed E-state index contributed by atoms with van der Waals surface area (Å²) in [6.07, 6.45) is 6.92. The van der Waals surface area contributed by atoms with Crippen molar-refractivity contribution in [1.82, 2.24) is 15.1 Å². The van der Waals surface area contributed by atoms with E-state index in [-0.39, 0.29) is 0 Å². The molecule has 118 valence electrons. The van der Waals surface area contributed by atoms with Crippen molar-refractivity contribution in [3.05, 3.63) is 36.7 Å². The van der Waals surface area contributed by atoms with E-state index in [1.54, 1.807) is 6.20 Å². The Bertz CT molecular complexity index is 565. The first-order chi connectivity index (χ1) is 10.8. The quantitative estimate of drug-likeness (QED) is 0.859. The third kappa shape index (κ3) is 3.87. The highest BCUT2D eigenvalue weighted by Crippen LogP contribution is 2.28. The molecule has 0 bridgehead atoms. The number of likely N-dealkylation sites (tertiary alicyclic amines) is 1. The second-order valence-electron chi connectivity index (χ2n) is 5.81. The first-order valence-corrected chi connectivity index (χ1v) is 7.94. The van der Waals surface area contributed by atoms with Gasteiger partial charge in [-0.3, -0.25) is 5.10 Å². The van der Waals surface area contributed by atoms with Crippen LogP contribution in [0.25, 0.3) is 11.1 Å². The molecule has 0 amide bonds. The standard InChI is InChI=1S/C17H23N3O2/c21-15(12-20-8-4-1-5-9-20)13-22-17-7-3-2-6-16(17)14-10-18-19-11-14/h2-3,6-7,10-11,15,21H,1,4-5,8-9,12-13H2,(H,18,19). The number of benzene rings is 1. The zero-order valence-electron chi connectivity index (χ0n) is 12.7. The number of aliphatic hydroxyl groups is 1. The van der Waals surface area contributed by atoms with Gasteiger partial charge in [-0.2, -0.15) is 5.10 Å². The number of hydrogen-bond donors (Lipinski definition) is 2. The first-order valence-electron chi connectivity index (χ1n) is 7.94. The average molecular weight is 301 g/mol. The second-order valence-corrected chi connectivity index (χ2v) is 5.81. The largest absolute Gasteiger partial charge is 0.490 e. The highest BCUT2D eigenvalue weighted by atomic mass is 16.5. The highest BCUT2D eigenvalue weighted by molar-refractivity contribution is 5.68. The molecule has 3 rings (SSSR count). The van der Waals surface area contributed by atoms with Gasteiger partial charge in [-0.15, -0.1) is 0 Å². The Labute approximate surface area is 130 Å². The molecule has 2 N–H and O–H groups in total. The van der Waals surface area contributed by atoms with E-state index < -0.39 is 6.10 Å². The lowest BCUT2D eigenvalue weighted by Gasteiger charge is -2.28. The molecule has 1 fully saturated rings. The molecular weight excluding hydrogens is 278 g/mol. The maximum atomic E-state index is 10.2. The van der Waals surface area contributed by atoms with Crippen LogP contribution in [-0.4, -0.2) is 52.5 Å². The Hall–Kier alpha value is -1.85. The number of rotatable bonds is 6. The van der Waals surface area contributed by atoms with Crippen LogP contribution < -0.4 is 4.74 Å². The molecule has 0 saturated carbocycles. The maximum Gasteiger partial charge on any atom is 0.127 e. The van der Waals surface area contributed by atoms with E-state index in [1.807, 2.05) is 30.5 Å². The van der Waals surface area contributed by atoms with Crippen molar-refractivity contribution in [1.29, 1.82) is 0 Å². The first kappa shape index (κ1) is 15.1. The third-order valence-electron chi connectivity index (χ3n) is 4.05. The Morgan fingerprint density at radius 3 is 2.82 bits per heavy atom. The molecule has 1 saturated heterocycles. The van der Waals surface area contributed by atoms with Crippen LogP contribution in [0.2, 0.25) is 0 Å². The molecule has 5 heteroatoms. The number of ether oxygens (including phenoxy) is 1. The monoisotopic (exact) mass is 301 g/mol. The SMILES string of the molecule is OC(COc1ccccc1-c1cn[nH]c1)CN1CCCCC1. The molecule has 1 atom stereocenters. The molecule has 2 heterocycles. The number of nitrogens with one attached hydrogen (secondary N) is 1. The lowest BCUT2D eigenvalue weighted by molar-refractivity contribution is 0.0619. The van der Waals surface area contributed by atoms with Crippen LogP contribution >= 0.6 is 0 Å². The van der Waals surface area contributed by atoms with Crippen LogP contribution in [0.1, 0.15) is 19.3 Å². The third-order valence-corrected chi connectivity index (χ3v) is 4.05. The number of hydrogen-bond acceptors (Lipinski definition) is 4. The van der Waals surface area contributed by atoms with Gasteiger partial charge in [0.2, 0.25) is 0 Å². The molecule has 2 aromatic rings. The van der Waals surface area contributed by atoms with Gasteiger partial charge in [0.15, 0.2) is 0 Å². The van der Waals surface area contributed by atoms with Crippen molar-refractivity contribution in [2.24, 2.45) is 0 Å². The number of piperidine rings is 1. The number of aromatic amines is 1. The van der Waals surface area contributed by atoms with E-state index >= 15 is 0 Å². The van der Waals surface area contributed by atoms with Crippen molar-refractivity contribution < 1.29 is 9.84 Å². The summed E-state index contributed by atoms with van der Waals surface area (Å²) in [5.41, 5.74) is 1.97. The van der Waals surface area contributed by atoms with Gasteiger partial charge in [0, 0.05) is 23.9 Å². The van der Waals surface area contributed by atoms with E-state index in [0.29, 0.717) is 13.2 Å². The van der Waals surface area contributed by atoms with Gasteiger partial charge in [0.25, 0.3) is 0 Å². The second kappa shape index (κ2) is 7.42. The average Bonchev–Trinajstić information content (AvgIpc) is 3.08. The topological polar surface area (TPSA) is 61.4 Å². The van der Waals surface area contributed by atoms with E-state index in [9.17, 15) is 5.11 Å². The van der Waals surface area contributed by atoms with Gasteiger partial charge in [0.1, 0.15) is 18.5 Å². The number of aromatic nitrogens is 2. The van der Waals surface area contributed by atoms with Gasteiger partial charge in [-0.1, -0.05) is 24.6 Å². The molecule has 0 aliphatic carbocycles. The normalized spacial score (nSPS) is 17.3. The predicted octanol–water partition coefficient (Wildman–Crippen LogP) is 2.30. The molecule has 1 aliphatic heterocycles. The van der Waals surface area contributed by atoms with Crippen molar-refractivity contribution in [2.45, 2.75) is 25.4 Å². The summed E-state index contributed by atoms with van der Waals surface area (Å²) in [5, 5.41) is 17.0. The molecule has 0 spiro atoms.